The average molecular weight is 246 g/mol. The van der Waals surface area contributed by atoms with Crippen molar-refractivity contribution in [3.63, 3.8) is 0 Å². The van der Waals surface area contributed by atoms with Crippen molar-refractivity contribution in [3.05, 3.63) is 29.1 Å². The summed E-state index contributed by atoms with van der Waals surface area (Å²) in [5, 5.41) is 3.47. The van der Waals surface area contributed by atoms with Gasteiger partial charge in [0.15, 0.2) is 0 Å². The Kier molecular flexibility index (Phi) is 2.37. The molecule has 1 aromatic carbocycles. The van der Waals surface area contributed by atoms with Crippen LogP contribution in [0.25, 0.3) is 0 Å². The van der Waals surface area contributed by atoms with Gasteiger partial charge in [0.2, 0.25) is 0 Å². The molecule has 2 aliphatic heterocycles. The topological polar surface area (TPSA) is 15.3 Å². The van der Waals surface area contributed by atoms with Crippen LogP contribution in [0.4, 0.5) is 10.1 Å². The minimum absolute atomic E-state index is 0.0293. The number of nitrogens with one attached hydrogen (secondary N) is 1. The second-order valence-electron chi connectivity index (χ2n) is 5.77. The molecule has 3 heteroatoms. The first-order valence-electron chi connectivity index (χ1n) is 7.15. The van der Waals surface area contributed by atoms with Gasteiger partial charge in [-0.05, 0) is 37.4 Å². The Bertz CT molecular complexity index is 486. The molecular formula is C15H19FN2. The fraction of sp³-hybridized carbons (Fsp3) is 0.600. The smallest absolute Gasteiger partial charge is 0.128 e. The van der Waals surface area contributed by atoms with Crippen LogP contribution in [0.3, 0.4) is 0 Å². The number of halogens is 1. The van der Waals surface area contributed by atoms with Crippen molar-refractivity contribution in [1.82, 2.24) is 5.32 Å². The Labute approximate surface area is 107 Å². The highest BCUT2D eigenvalue weighted by Crippen LogP contribution is 2.51. The molecule has 1 aliphatic carbocycles. The van der Waals surface area contributed by atoms with Crippen LogP contribution in [0.5, 0.6) is 0 Å². The minimum Gasteiger partial charge on any atom is -0.366 e. The van der Waals surface area contributed by atoms with Gasteiger partial charge in [-0.15, -0.1) is 0 Å². The quantitative estimate of drug-likeness (QED) is 0.756. The maximum atomic E-state index is 14.2. The van der Waals surface area contributed by atoms with Gasteiger partial charge in [-0.3, -0.25) is 0 Å². The molecule has 0 bridgehead atoms. The van der Waals surface area contributed by atoms with Crippen molar-refractivity contribution in [2.75, 3.05) is 24.5 Å². The Morgan fingerprint density at radius 3 is 3.11 bits per heavy atom. The molecule has 1 N–H and O–H groups in total. The number of nitrogens with zero attached hydrogens (tertiary/aromatic N) is 1. The Hall–Kier alpha value is -1.09. The molecule has 2 heterocycles. The molecule has 1 saturated carbocycles. The second kappa shape index (κ2) is 3.95. The molecule has 18 heavy (non-hydrogen) atoms. The Balaban J connectivity index is 1.91. The number of benzene rings is 1. The first kappa shape index (κ1) is 10.8. The highest BCUT2D eigenvalue weighted by atomic mass is 19.1. The number of fused-ring (bicyclic) bond motifs is 3. The van der Waals surface area contributed by atoms with Gasteiger partial charge in [-0.25, -0.2) is 4.39 Å². The summed E-state index contributed by atoms with van der Waals surface area (Å²) in [7, 11) is 0. The van der Waals surface area contributed by atoms with Crippen molar-refractivity contribution in [2.45, 2.75) is 37.6 Å². The third-order valence-electron chi connectivity index (χ3n) is 4.89. The maximum Gasteiger partial charge on any atom is 0.128 e. The van der Waals surface area contributed by atoms with E-state index in [0.29, 0.717) is 12.0 Å². The van der Waals surface area contributed by atoms with E-state index in [1.807, 2.05) is 6.07 Å². The van der Waals surface area contributed by atoms with Crippen LogP contribution in [0.2, 0.25) is 0 Å². The summed E-state index contributed by atoms with van der Waals surface area (Å²) in [4.78, 5) is 2.50. The standard InChI is InChI=1S/C15H19FN2/c16-12-5-4-10-6-7-17-8-9-18-13-3-1-2-11(13)14(12)15(10)18/h4-5,11,13,17H,1-3,6-9H2. The number of hydrogen-bond acceptors (Lipinski definition) is 2. The highest BCUT2D eigenvalue weighted by molar-refractivity contribution is 5.68. The minimum atomic E-state index is 0.0293. The van der Waals surface area contributed by atoms with E-state index in [9.17, 15) is 4.39 Å². The van der Waals surface area contributed by atoms with Gasteiger partial charge in [0.05, 0.1) is 0 Å². The van der Waals surface area contributed by atoms with Crippen LogP contribution < -0.4 is 10.2 Å². The van der Waals surface area contributed by atoms with Gasteiger partial charge in [-0.2, -0.15) is 0 Å². The van der Waals surface area contributed by atoms with Crippen LogP contribution in [0.15, 0.2) is 12.1 Å². The SMILES string of the molecule is Fc1ccc2c3c1C1CCCC1N3CCNCC2. The van der Waals surface area contributed by atoms with Gasteiger partial charge in [-0.1, -0.05) is 12.5 Å². The van der Waals surface area contributed by atoms with Gasteiger partial charge in [0.25, 0.3) is 0 Å². The fourth-order valence-electron chi connectivity index (χ4n) is 4.16. The fourth-order valence-corrected chi connectivity index (χ4v) is 4.16. The molecule has 0 aromatic heterocycles. The lowest BCUT2D eigenvalue weighted by molar-refractivity contribution is 0.548. The van der Waals surface area contributed by atoms with Gasteiger partial charge in [0, 0.05) is 36.3 Å². The van der Waals surface area contributed by atoms with Gasteiger partial charge in [0.1, 0.15) is 5.82 Å². The summed E-state index contributed by atoms with van der Waals surface area (Å²) < 4.78 is 14.2. The normalized spacial score (nSPS) is 29.7. The van der Waals surface area contributed by atoms with E-state index in [1.54, 1.807) is 6.07 Å². The first-order chi connectivity index (χ1) is 8.86. The Morgan fingerprint density at radius 1 is 1.22 bits per heavy atom. The largest absolute Gasteiger partial charge is 0.366 e. The van der Waals surface area contributed by atoms with E-state index in [2.05, 4.69) is 10.2 Å². The zero-order chi connectivity index (χ0) is 12.1. The lowest BCUT2D eigenvalue weighted by atomic mass is 9.94. The predicted molar refractivity (Wildman–Crippen MR) is 70.7 cm³/mol. The summed E-state index contributed by atoms with van der Waals surface area (Å²) in [5.74, 6) is 0.486. The van der Waals surface area contributed by atoms with Gasteiger partial charge >= 0.3 is 0 Å². The van der Waals surface area contributed by atoms with E-state index in [1.165, 1.54) is 30.5 Å². The second-order valence-corrected chi connectivity index (χ2v) is 5.77. The third kappa shape index (κ3) is 1.37. The molecule has 0 spiro atoms. The van der Waals surface area contributed by atoms with E-state index < -0.39 is 0 Å². The highest BCUT2D eigenvalue weighted by Gasteiger charge is 2.44. The van der Waals surface area contributed by atoms with Crippen molar-refractivity contribution in [2.24, 2.45) is 0 Å². The van der Waals surface area contributed by atoms with E-state index in [-0.39, 0.29) is 5.82 Å². The van der Waals surface area contributed by atoms with Crippen molar-refractivity contribution in [1.29, 1.82) is 0 Å². The number of hydrogen-bond donors (Lipinski definition) is 1. The molecule has 0 radical (unpaired) electrons. The number of anilines is 1. The van der Waals surface area contributed by atoms with Crippen LogP contribution >= 0.6 is 0 Å². The summed E-state index contributed by atoms with van der Waals surface area (Å²) >= 11 is 0. The summed E-state index contributed by atoms with van der Waals surface area (Å²) in [6.45, 7) is 3.07. The lowest BCUT2D eigenvalue weighted by Crippen LogP contribution is -2.39. The third-order valence-corrected chi connectivity index (χ3v) is 4.89. The van der Waals surface area contributed by atoms with E-state index in [0.717, 1.165) is 31.6 Å². The molecule has 2 nitrogen and oxygen atoms in total. The van der Waals surface area contributed by atoms with Crippen LogP contribution in [-0.4, -0.2) is 25.7 Å². The van der Waals surface area contributed by atoms with Crippen LogP contribution in [0.1, 0.15) is 36.3 Å². The molecule has 0 saturated heterocycles. The summed E-state index contributed by atoms with van der Waals surface area (Å²) in [6, 6.07) is 4.25. The van der Waals surface area contributed by atoms with Crippen LogP contribution in [0, 0.1) is 5.82 Å². The van der Waals surface area contributed by atoms with E-state index in [4.69, 9.17) is 0 Å². The molecule has 1 fully saturated rings. The molecule has 3 aliphatic rings. The van der Waals surface area contributed by atoms with Crippen molar-refractivity contribution < 1.29 is 4.39 Å². The van der Waals surface area contributed by atoms with Gasteiger partial charge < -0.3 is 10.2 Å². The molecule has 2 atom stereocenters. The van der Waals surface area contributed by atoms with Crippen LogP contribution in [-0.2, 0) is 6.42 Å². The monoisotopic (exact) mass is 246 g/mol. The average Bonchev–Trinajstić information content (AvgIpc) is 2.89. The Morgan fingerprint density at radius 2 is 2.17 bits per heavy atom. The molecule has 4 rings (SSSR count). The first-order valence-corrected chi connectivity index (χ1v) is 7.15. The molecular weight excluding hydrogens is 227 g/mol. The number of rotatable bonds is 0. The summed E-state index contributed by atoms with van der Waals surface area (Å²) in [5.41, 5.74) is 3.64. The maximum absolute atomic E-state index is 14.2. The van der Waals surface area contributed by atoms with Crippen molar-refractivity contribution in [3.8, 4) is 0 Å². The molecule has 1 aromatic rings. The molecule has 2 unspecified atom stereocenters. The lowest BCUT2D eigenvalue weighted by Gasteiger charge is -2.30. The summed E-state index contributed by atoms with van der Waals surface area (Å²) in [6.07, 6.45) is 4.68. The van der Waals surface area contributed by atoms with E-state index >= 15 is 0 Å². The molecule has 0 amide bonds. The predicted octanol–water partition coefficient (Wildman–Crippen LogP) is 2.43. The zero-order valence-corrected chi connectivity index (χ0v) is 10.6. The zero-order valence-electron chi connectivity index (χ0n) is 10.6. The van der Waals surface area contributed by atoms with Crippen molar-refractivity contribution >= 4 is 5.69 Å². The molecule has 96 valence electrons.